The van der Waals surface area contributed by atoms with Gasteiger partial charge in [-0.05, 0) is 25.0 Å². The second kappa shape index (κ2) is 9.30. The number of carbonyl (C=O) groups is 2. The summed E-state index contributed by atoms with van der Waals surface area (Å²) >= 11 is 0. The van der Waals surface area contributed by atoms with E-state index in [1.165, 1.54) is 0 Å². The van der Waals surface area contributed by atoms with Crippen molar-refractivity contribution in [2.75, 3.05) is 24.5 Å². The third kappa shape index (κ3) is 4.98. The Hall–Kier alpha value is -2.04. The molecule has 1 aromatic carbocycles. The molecule has 1 aliphatic heterocycles. The number of nitrogens with one attached hydrogen (secondary N) is 1. The second-order valence-corrected chi connectivity index (χ2v) is 6.38. The third-order valence-electron chi connectivity index (χ3n) is 4.37. The molecule has 1 heterocycles. The van der Waals surface area contributed by atoms with E-state index in [9.17, 15) is 9.59 Å². The number of hydrogen-bond donors (Lipinski definition) is 1. The van der Waals surface area contributed by atoms with Gasteiger partial charge >= 0.3 is 6.03 Å². The van der Waals surface area contributed by atoms with Gasteiger partial charge < -0.3 is 15.1 Å². The van der Waals surface area contributed by atoms with Gasteiger partial charge in [0.05, 0.1) is 6.04 Å². The van der Waals surface area contributed by atoms with E-state index in [0.717, 1.165) is 44.5 Å². The third-order valence-corrected chi connectivity index (χ3v) is 4.37. The average molecular weight is 331 g/mol. The van der Waals surface area contributed by atoms with E-state index in [1.54, 1.807) is 4.90 Å². The van der Waals surface area contributed by atoms with Gasteiger partial charge in [-0.25, -0.2) is 4.79 Å². The molecule has 1 atom stereocenters. The van der Waals surface area contributed by atoms with E-state index in [1.807, 2.05) is 35.2 Å². The Morgan fingerprint density at radius 1 is 1.17 bits per heavy atom. The van der Waals surface area contributed by atoms with Crippen LogP contribution in [-0.4, -0.2) is 42.5 Å². The summed E-state index contributed by atoms with van der Waals surface area (Å²) in [7, 11) is 0. The van der Waals surface area contributed by atoms with E-state index >= 15 is 0 Å². The van der Waals surface area contributed by atoms with Crippen molar-refractivity contribution in [3.05, 3.63) is 30.3 Å². The second-order valence-electron chi connectivity index (χ2n) is 6.38. The highest BCUT2D eigenvalue weighted by Crippen LogP contribution is 2.21. The lowest BCUT2D eigenvalue weighted by atomic mass is 10.2. The zero-order valence-corrected chi connectivity index (χ0v) is 14.8. The van der Waals surface area contributed by atoms with Crippen molar-refractivity contribution in [1.82, 2.24) is 10.2 Å². The fourth-order valence-electron chi connectivity index (χ4n) is 2.94. The number of unbranched alkanes of at least 4 members (excludes halogenated alkanes) is 2. The number of carbonyl (C=O) groups excluding carboxylic acids is 2. The zero-order valence-electron chi connectivity index (χ0n) is 14.8. The molecule has 5 heteroatoms. The van der Waals surface area contributed by atoms with Gasteiger partial charge in [-0.1, -0.05) is 44.9 Å². The highest BCUT2D eigenvalue weighted by Gasteiger charge is 2.32. The molecule has 1 unspecified atom stereocenters. The molecule has 24 heavy (non-hydrogen) atoms. The molecule has 3 amide bonds. The van der Waals surface area contributed by atoms with Gasteiger partial charge in [0.1, 0.15) is 0 Å². The molecule has 0 aliphatic carbocycles. The Morgan fingerprint density at radius 2 is 1.79 bits per heavy atom. The fraction of sp³-hybridized carbons (Fsp3) is 0.579. The molecule has 2 rings (SSSR count). The van der Waals surface area contributed by atoms with Gasteiger partial charge in [0.25, 0.3) is 0 Å². The predicted molar refractivity (Wildman–Crippen MR) is 97.1 cm³/mol. The molecular formula is C19H29N3O2. The first-order valence-corrected chi connectivity index (χ1v) is 9.06. The number of benzene rings is 1. The Morgan fingerprint density at radius 3 is 2.38 bits per heavy atom. The van der Waals surface area contributed by atoms with E-state index in [2.05, 4.69) is 19.2 Å². The number of hydrogen-bond acceptors (Lipinski definition) is 2. The molecule has 0 saturated carbocycles. The van der Waals surface area contributed by atoms with Crippen LogP contribution in [0.4, 0.5) is 10.5 Å². The molecule has 1 fully saturated rings. The molecule has 1 aliphatic rings. The van der Waals surface area contributed by atoms with Crippen LogP contribution in [0, 0.1) is 0 Å². The number of para-hydroxylation sites is 1. The van der Waals surface area contributed by atoms with Crippen LogP contribution in [0.15, 0.2) is 30.3 Å². The van der Waals surface area contributed by atoms with E-state index in [-0.39, 0.29) is 18.0 Å². The maximum absolute atomic E-state index is 12.5. The minimum absolute atomic E-state index is 0.0374. The zero-order chi connectivity index (χ0) is 17.4. The van der Waals surface area contributed by atoms with Crippen LogP contribution in [0.1, 0.15) is 46.0 Å². The molecule has 132 valence electrons. The van der Waals surface area contributed by atoms with Crippen molar-refractivity contribution in [3.63, 3.8) is 0 Å². The van der Waals surface area contributed by atoms with Gasteiger partial charge in [-0.15, -0.1) is 0 Å². The van der Waals surface area contributed by atoms with Crippen LogP contribution in [0.25, 0.3) is 0 Å². The van der Waals surface area contributed by atoms with Gasteiger partial charge in [0.15, 0.2) is 0 Å². The quantitative estimate of drug-likeness (QED) is 0.794. The van der Waals surface area contributed by atoms with Crippen LogP contribution >= 0.6 is 0 Å². The maximum atomic E-state index is 12.5. The van der Waals surface area contributed by atoms with Gasteiger partial charge in [-0.3, -0.25) is 4.79 Å². The number of anilines is 1. The Kier molecular flexibility index (Phi) is 7.09. The molecular weight excluding hydrogens is 302 g/mol. The van der Waals surface area contributed by atoms with Gasteiger partial charge in [0.2, 0.25) is 5.91 Å². The van der Waals surface area contributed by atoms with Crippen LogP contribution < -0.4 is 10.2 Å². The molecule has 1 saturated heterocycles. The molecule has 5 nitrogen and oxygen atoms in total. The van der Waals surface area contributed by atoms with Crippen molar-refractivity contribution < 1.29 is 9.59 Å². The summed E-state index contributed by atoms with van der Waals surface area (Å²) in [5.41, 5.74) is 0.896. The first-order valence-electron chi connectivity index (χ1n) is 9.06. The minimum atomic E-state index is -0.115. The number of urea groups is 1. The normalized spacial score (nSPS) is 17.2. The topological polar surface area (TPSA) is 52.7 Å². The summed E-state index contributed by atoms with van der Waals surface area (Å²) in [5.74, 6) is 0.0696. The lowest BCUT2D eigenvalue weighted by Gasteiger charge is -2.25. The molecule has 0 spiro atoms. The molecule has 0 aromatic heterocycles. The first kappa shape index (κ1) is 18.3. The Balaban J connectivity index is 1.92. The highest BCUT2D eigenvalue weighted by molar-refractivity contribution is 5.96. The van der Waals surface area contributed by atoms with Crippen molar-refractivity contribution in [1.29, 1.82) is 0 Å². The lowest BCUT2D eigenvalue weighted by Crippen LogP contribution is -2.46. The monoisotopic (exact) mass is 331 g/mol. The smallest absolute Gasteiger partial charge is 0.317 e. The predicted octanol–water partition coefficient (Wildman–Crippen LogP) is 3.40. The molecule has 1 aromatic rings. The van der Waals surface area contributed by atoms with Crippen LogP contribution in [0.3, 0.4) is 0 Å². The summed E-state index contributed by atoms with van der Waals surface area (Å²) in [5, 5.41) is 3.05. The van der Waals surface area contributed by atoms with E-state index in [4.69, 9.17) is 0 Å². The van der Waals surface area contributed by atoms with Crippen LogP contribution in [0.5, 0.6) is 0 Å². The highest BCUT2D eigenvalue weighted by atomic mass is 16.2. The van der Waals surface area contributed by atoms with E-state index < -0.39 is 0 Å². The van der Waals surface area contributed by atoms with Crippen molar-refractivity contribution in [3.8, 4) is 0 Å². The molecule has 1 N–H and O–H groups in total. The van der Waals surface area contributed by atoms with Crippen molar-refractivity contribution >= 4 is 17.6 Å². The fourth-order valence-corrected chi connectivity index (χ4v) is 2.94. The Labute approximate surface area is 145 Å². The molecule has 0 bridgehead atoms. The van der Waals surface area contributed by atoms with Crippen molar-refractivity contribution in [2.24, 2.45) is 0 Å². The van der Waals surface area contributed by atoms with Crippen LogP contribution in [-0.2, 0) is 4.79 Å². The Bertz CT molecular complexity index is 525. The SMILES string of the molecule is CCCCN(CCCC)C(=O)NC1CC(=O)N(c2ccccc2)C1. The lowest BCUT2D eigenvalue weighted by molar-refractivity contribution is -0.117. The standard InChI is InChI=1S/C19H29N3O2/c1-3-5-12-21(13-6-4-2)19(24)20-16-14-18(23)22(15-16)17-10-8-7-9-11-17/h7-11,16H,3-6,12-15H2,1-2H3,(H,20,24). The summed E-state index contributed by atoms with van der Waals surface area (Å²) in [6.45, 7) is 6.37. The summed E-state index contributed by atoms with van der Waals surface area (Å²) in [4.78, 5) is 28.4. The summed E-state index contributed by atoms with van der Waals surface area (Å²) in [6.07, 6.45) is 4.53. The van der Waals surface area contributed by atoms with Crippen LogP contribution in [0.2, 0.25) is 0 Å². The van der Waals surface area contributed by atoms with Crippen molar-refractivity contribution in [2.45, 2.75) is 52.0 Å². The largest absolute Gasteiger partial charge is 0.333 e. The summed E-state index contributed by atoms with van der Waals surface area (Å²) < 4.78 is 0. The number of nitrogens with zero attached hydrogens (tertiary/aromatic N) is 2. The van der Waals surface area contributed by atoms with Gasteiger partial charge in [-0.2, -0.15) is 0 Å². The molecule has 0 radical (unpaired) electrons. The summed E-state index contributed by atoms with van der Waals surface area (Å²) in [6, 6.07) is 9.48. The first-order chi connectivity index (χ1) is 11.7. The maximum Gasteiger partial charge on any atom is 0.317 e. The minimum Gasteiger partial charge on any atom is -0.333 e. The average Bonchev–Trinajstić information content (AvgIpc) is 2.96. The number of amides is 3. The van der Waals surface area contributed by atoms with E-state index in [0.29, 0.717) is 13.0 Å². The van der Waals surface area contributed by atoms with Gasteiger partial charge in [0, 0.05) is 31.7 Å². The number of rotatable bonds is 8.